The molecule has 22 rings (SSSR count). The van der Waals surface area contributed by atoms with E-state index in [1.807, 2.05) is 0 Å². The quantitative estimate of drug-likeness (QED) is 0.102. The third-order valence-corrected chi connectivity index (χ3v) is 23.5. The SMILES string of the molecule is C1=CC2C(C=C1c1ccccc1)c1cc(N(c3ccccc3)c3cc(N(c4ccccc4)c4ccc5c(c4)c4cc(-c6ccccc6)ccc4n5-c4cccc5ccccc45)cc(N(c4ccccc4)c4ccc5c(c4)c4cc(-c6ccccc6)ccc4n5-c4cccc5ccccc45)c3)ccc1N2c1cccc2ccccc12. The molecule has 2 atom stereocenters. The van der Waals surface area contributed by atoms with Crippen LogP contribution in [0.2, 0.25) is 0 Å². The molecule has 2 unspecified atom stereocenters. The number of hydrogen-bond donors (Lipinski definition) is 0. The van der Waals surface area contributed by atoms with Crippen LogP contribution in [-0.2, 0) is 0 Å². The first-order chi connectivity index (χ1) is 56.5. The van der Waals surface area contributed by atoms with Gasteiger partial charge in [-0.2, -0.15) is 0 Å². The monoisotopic (exact) mass is 1450 g/mol. The number of para-hydroxylation sites is 3. The third-order valence-electron chi connectivity index (χ3n) is 23.5. The van der Waals surface area contributed by atoms with Gasteiger partial charge in [-0.3, -0.25) is 0 Å². The smallest absolute Gasteiger partial charge is 0.0630 e. The summed E-state index contributed by atoms with van der Waals surface area (Å²) in [6.07, 6.45) is 7.30. The van der Waals surface area contributed by atoms with Gasteiger partial charge in [0.2, 0.25) is 0 Å². The fraction of sp³-hybridized carbons (Fsp3) is 0.0185. The van der Waals surface area contributed by atoms with E-state index in [0.29, 0.717) is 0 Å². The lowest BCUT2D eigenvalue weighted by Crippen LogP contribution is -2.29. The summed E-state index contributed by atoms with van der Waals surface area (Å²) in [5.74, 6) is 0.0104. The van der Waals surface area contributed by atoms with Crippen LogP contribution < -0.4 is 19.6 Å². The molecule has 0 radical (unpaired) electrons. The topological polar surface area (TPSA) is 22.8 Å². The van der Waals surface area contributed by atoms with Gasteiger partial charge in [0.15, 0.2) is 0 Å². The van der Waals surface area contributed by atoms with Gasteiger partial charge in [-0.15, -0.1) is 0 Å². The number of aromatic nitrogens is 2. The summed E-state index contributed by atoms with van der Waals surface area (Å²) in [4.78, 5) is 10.0. The average molecular weight is 1460 g/mol. The lowest BCUT2D eigenvalue weighted by molar-refractivity contribution is 0.748. The van der Waals surface area contributed by atoms with E-state index in [0.717, 1.165) is 107 Å². The molecule has 0 saturated heterocycles. The Kier molecular flexibility index (Phi) is 16.0. The van der Waals surface area contributed by atoms with Gasteiger partial charge in [-0.25, -0.2) is 0 Å². The van der Waals surface area contributed by atoms with E-state index in [-0.39, 0.29) is 12.0 Å². The van der Waals surface area contributed by atoms with Gasteiger partial charge in [-0.05, 0) is 207 Å². The number of anilines is 11. The molecule has 114 heavy (non-hydrogen) atoms. The first-order valence-electron chi connectivity index (χ1n) is 39.4. The van der Waals surface area contributed by atoms with E-state index in [2.05, 4.69) is 466 Å². The minimum absolute atomic E-state index is 0.0104. The Morgan fingerprint density at radius 3 is 0.991 bits per heavy atom. The summed E-state index contributed by atoms with van der Waals surface area (Å²) in [5, 5.41) is 11.8. The molecule has 0 spiro atoms. The van der Waals surface area contributed by atoms with Crippen LogP contribution in [0.4, 0.5) is 62.6 Å². The van der Waals surface area contributed by atoms with Gasteiger partial charge in [0.05, 0.1) is 56.5 Å². The first kappa shape index (κ1) is 66.0. The Labute approximate surface area is 662 Å². The fourth-order valence-corrected chi connectivity index (χ4v) is 18.3. The third kappa shape index (κ3) is 11.2. The van der Waals surface area contributed by atoms with Crippen molar-refractivity contribution >= 4 is 144 Å². The molecule has 20 aromatic rings. The number of nitrogens with zero attached hydrogens (tertiary/aromatic N) is 6. The van der Waals surface area contributed by atoms with Gasteiger partial charge in [0.25, 0.3) is 0 Å². The van der Waals surface area contributed by atoms with Crippen molar-refractivity contribution in [2.24, 2.45) is 0 Å². The second-order valence-corrected chi connectivity index (χ2v) is 30.0. The molecule has 0 amide bonds. The van der Waals surface area contributed by atoms with E-state index >= 15 is 0 Å². The molecule has 2 aromatic heterocycles. The van der Waals surface area contributed by atoms with Crippen molar-refractivity contribution in [2.75, 3.05) is 19.6 Å². The van der Waals surface area contributed by atoms with Crippen LogP contribution in [0, 0.1) is 0 Å². The molecule has 6 heteroatoms. The van der Waals surface area contributed by atoms with E-state index in [1.165, 1.54) is 82.3 Å². The summed E-state index contributed by atoms with van der Waals surface area (Å²) < 4.78 is 4.96. The van der Waals surface area contributed by atoms with Crippen molar-refractivity contribution in [3.05, 3.63) is 448 Å². The second kappa shape index (κ2) is 27.5. The van der Waals surface area contributed by atoms with Crippen LogP contribution >= 0.6 is 0 Å². The van der Waals surface area contributed by atoms with Crippen molar-refractivity contribution in [2.45, 2.75) is 12.0 Å². The highest BCUT2D eigenvalue weighted by Crippen LogP contribution is 2.55. The lowest BCUT2D eigenvalue weighted by Gasteiger charge is -2.33. The van der Waals surface area contributed by atoms with Crippen LogP contribution in [0.25, 0.3) is 115 Å². The van der Waals surface area contributed by atoms with Crippen molar-refractivity contribution < 1.29 is 0 Å². The highest BCUT2D eigenvalue weighted by molar-refractivity contribution is 6.15. The molecule has 2 aliphatic rings. The summed E-state index contributed by atoms with van der Waals surface area (Å²) in [5.41, 5.74) is 26.5. The van der Waals surface area contributed by atoms with Crippen molar-refractivity contribution in [3.63, 3.8) is 0 Å². The maximum atomic E-state index is 2.60. The zero-order valence-corrected chi connectivity index (χ0v) is 62.4. The first-order valence-corrected chi connectivity index (χ1v) is 39.4. The number of rotatable bonds is 15. The van der Waals surface area contributed by atoms with Crippen LogP contribution in [0.5, 0.6) is 0 Å². The molecule has 0 bridgehead atoms. The number of fused-ring (bicyclic) bond motifs is 12. The van der Waals surface area contributed by atoms with Crippen molar-refractivity contribution in [3.8, 4) is 33.6 Å². The summed E-state index contributed by atoms with van der Waals surface area (Å²) in [6.45, 7) is 0. The predicted molar refractivity (Wildman–Crippen MR) is 481 cm³/mol. The molecule has 536 valence electrons. The number of hydrogen-bond acceptors (Lipinski definition) is 4. The summed E-state index contributed by atoms with van der Waals surface area (Å²) in [7, 11) is 0. The molecule has 0 saturated carbocycles. The number of benzene rings is 18. The fourth-order valence-electron chi connectivity index (χ4n) is 18.3. The molecule has 0 N–H and O–H groups in total. The highest BCUT2D eigenvalue weighted by atomic mass is 15.2. The zero-order valence-electron chi connectivity index (χ0n) is 62.4. The van der Waals surface area contributed by atoms with Gasteiger partial charge >= 0.3 is 0 Å². The Morgan fingerprint density at radius 2 is 0.553 bits per heavy atom. The van der Waals surface area contributed by atoms with Gasteiger partial charge in [0.1, 0.15) is 0 Å². The van der Waals surface area contributed by atoms with Crippen LogP contribution in [-0.4, -0.2) is 15.2 Å². The minimum atomic E-state index is 0.0104. The highest BCUT2D eigenvalue weighted by Gasteiger charge is 2.40. The maximum absolute atomic E-state index is 2.60. The second-order valence-electron chi connectivity index (χ2n) is 30.0. The van der Waals surface area contributed by atoms with Crippen LogP contribution in [0.1, 0.15) is 17.0 Å². The van der Waals surface area contributed by atoms with Crippen molar-refractivity contribution in [1.82, 2.24) is 9.13 Å². The molecular weight excluding hydrogens is 1380 g/mol. The van der Waals surface area contributed by atoms with Crippen LogP contribution in [0.3, 0.4) is 0 Å². The standard InChI is InChI=1S/C108H74N6/c1-7-28-73(29-8-1)79-52-58-103-94(64-79)97-70-85(55-61-106(97)112(103)100-49-25-37-76-34-19-22-46-91(76)100)109(82-40-13-4-14-41-82)88-67-89(110(83-42-15-5-16-43-83)86-56-62-107-98(71-86)95-65-80(74-30-9-2-10-31-74)53-59-104(95)113(107)101-50-26-38-77-35-20-23-47-92(77)101)69-90(68-88)111(84-44-17-6-18-45-84)87-57-63-108-99(72-87)96-66-81(75-32-11-3-12-33-75)54-60-105(96)114(108)102-51-27-39-78-36-21-24-48-93(78)102/h1-72,94,103H. The molecule has 1 aliphatic carbocycles. The van der Waals surface area contributed by atoms with Gasteiger partial charge in [0, 0.05) is 89.1 Å². The van der Waals surface area contributed by atoms with Gasteiger partial charge in [-0.1, -0.05) is 285 Å². The Bertz CT molecular complexity index is 6870. The average Bonchev–Trinajstić information content (AvgIpc) is 1.56. The molecule has 1 aliphatic heterocycles. The van der Waals surface area contributed by atoms with Crippen molar-refractivity contribution in [1.29, 1.82) is 0 Å². The summed E-state index contributed by atoms with van der Waals surface area (Å²) in [6, 6.07) is 155. The molecular formula is C108H74N6. The Morgan fingerprint density at radius 1 is 0.211 bits per heavy atom. The Balaban J connectivity index is 0.805. The molecule has 6 nitrogen and oxygen atoms in total. The number of allylic oxidation sites excluding steroid dienone is 2. The lowest BCUT2D eigenvalue weighted by atomic mass is 9.86. The van der Waals surface area contributed by atoms with E-state index < -0.39 is 0 Å². The summed E-state index contributed by atoms with van der Waals surface area (Å²) >= 11 is 0. The largest absolute Gasteiger partial charge is 0.333 e. The molecule has 18 aromatic carbocycles. The predicted octanol–water partition coefficient (Wildman–Crippen LogP) is 29.3. The molecule has 0 fully saturated rings. The van der Waals surface area contributed by atoms with E-state index in [1.54, 1.807) is 0 Å². The van der Waals surface area contributed by atoms with Gasteiger partial charge < -0.3 is 28.7 Å². The van der Waals surface area contributed by atoms with E-state index in [9.17, 15) is 0 Å². The molecule has 3 heterocycles. The maximum Gasteiger partial charge on any atom is 0.0630 e. The van der Waals surface area contributed by atoms with Crippen LogP contribution in [0.15, 0.2) is 437 Å². The minimum Gasteiger partial charge on any atom is -0.333 e. The normalized spacial score (nSPS) is 13.8. The van der Waals surface area contributed by atoms with E-state index in [4.69, 9.17) is 0 Å². The zero-order chi connectivity index (χ0) is 75.2. The Hall–Kier alpha value is -15.0.